The third-order valence-electron chi connectivity index (χ3n) is 5.03. The molecule has 0 radical (unpaired) electrons. The van der Waals surface area contributed by atoms with Crippen LogP contribution in [0.4, 0.5) is 0 Å². The topological polar surface area (TPSA) is 43.1 Å². The molecule has 0 aliphatic rings. The summed E-state index contributed by atoms with van der Waals surface area (Å²) in [6, 6.07) is 16.9. The molecule has 3 heterocycles. The fourth-order valence-electron chi connectivity index (χ4n) is 3.78. The number of nitrogens with zero attached hydrogens (tertiary/aromatic N) is 4. The number of fused-ring (bicyclic) bond motifs is 4. The number of pyridine rings is 1. The Balaban J connectivity index is 1.89. The fraction of sp³-hybridized carbons (Fsp3) is 0.174. The second-order valence-electron chi connectivity index (χ2n) is 7.92. The average molecular weight is 352 g/mol. The van der Waals surface area contributed by atoms with Gasteiger partial charge in [0.15, 0.2) is 0 Å². The van der Waals surface area contributed by atoms with Crippen molar-refractivity contribution in [1.29, 1.82) is 0 Å². The maximum atomic E-state index is 4.74. The van der Waals surface area contributed by atoms with Gasteiger partial charge < -0.3 is 0 Å². The van der Waals surface area contributed by atoms with E-state index in [1.54, 1.807) is 6.20 Å². The summed E-state index contributed by atoms with van der Waals surface area (Å²) >= 11 is 0. The zero-order valence-electron chi connectivity index (χ0n) is 15.6. The minimum Gasteiger partial charge on any atom is -0.281 e. The molecular formula is C23H20N4. The zero-order valence-corrected chi connectivity index (χ0v) is 15.6. The van der Waals surface area contributed by atoms with Crippen molar-refractivity contribution in [2.45, 2.75) is 26.2 Å². The van der Waals surface area contributed by atoms with E-state index in [2.05, 4.69) is 67.1 Å². The van der Waals surface area contributed by atoms with Crippen molar-refractivity contribution in [3.05, 3.63) is 72.7 Å². The second-order valence-corrected chi connectivity index (χ2v) is 7.92. The Hall–Kier alpha value is -3.27. The Labute approximate surface area is 157 Å². The average Bonchev–Trinajstić information content (AvgIpc) is 3.05. The Bertz CT molecular complexity index is 1310. The quantitative estimate of drug-likeness (QED) is 0.406. The van der Waals surface area contributed by atoms with E-state index in [1.165, 1.54) is 16.3 Å². The van der Waals surface area contributed by atoms with Crippen molar-refractivity contribution < 1.29 is 0 Å². The molecule has 5 aromatic rings. The van der Waals surface area contributed by atoms with Crippen LogP contribution in [-0.4, -0.2) is 19.4 Å². The van der Waals surface area contributed by atoms with Crippen molar-refractivity contribution in [1.82, 2.24) is 19.4 Å². The van der Waals surface area contributed by atoms with Crippen molar-refractivity contribution in [2.24, 2.45) is 0 Å². The van der Waals surface area contributed by atoms with Crippen LogP contribution in [0.15, 0.2) is 67.1 Å². The normalized spacial score (nSPS) is 12.3. The van der Waals surface area contributed by atoms with Gasteiger partial charge in [-0.3, -0.25) is 9.38 Å². The molecule has 0 saturated heterocycles. The van der Waals surface area contributed by atoms with Crippen molar-refractivity contribution in [3.63, 3.8) is 0 Å². The summed E-state index contributed by atoms with van der Waals surface area (Å²) in [7, 11) is 0. The monoisotopic (exact) mass is 352 g/mol. The lowest BCUT2D eigenvalue weighted by Gasteiger charge is -2.22. The van der Waals surface area contributed by atoms with Crippen LogP contribution in [0, 0.1) is 0 Å². The van der Waals surface area contributed by atoms with Crippen LogP contribution in [0.3, 0.4) is 0 Å². The molecule has 0 aliphatic carbocycles. The first-order valence-corrected chi connectivity index (χ1v) is 9.14. The van der Waals surface area contributed by atoms with Gasteiger partial charge in [-0.1, -0.05) is 45.0 Å². The molecule has 0 aliphatic heterocycles. The van der Waals surface area contributed by atoms with Crippen molar-refractivity contribution in [2.75, 3.05) is 0 Å². The van der Waals surface area contributed by atoms with Gasteiger partial charge >= 0.3 is 0 Å². The van der Waals surface area contributed by atoms with E-state index in [9.17, 15) is 0 Å². The third kappa shape index (κ3) is 2.48. The molecule has 4 nitrogen and oxygen atoms in total. The fourth-order valence-corrected chi connectivity index (χ4v) is 3.78. The predicted octanol–water partition coefficient (Wildman–Crippen LogP) is 5.40. The molecule has 0 atom stereocenters. The molecule has 0 N–H and O–H groups in total. The molecule has 27 heavy (non-hydrogen) atoms. The van der Waals surface area contributed by atoms with Crippen molar-refractivity contribution in [3.8, 4) is 11.3 Å². The van der Waals surface area contributed by atoms with Gasteiger partial charge in [-0.2, -0.15) is 0 Å². The molecule has 5 rings (SSSR count). The van der Waals surface area contributed by atoms with E-state index in [0.717, 1.165) is 22.3 Å². The lowest BCUT2D eigenvalue weighted by atomic mass is 9.82. The van der Waals surface area contributed by atoms with Gasteiger partial charge in [0.25, 0.3) is 0 Å². The Morgan fingerprint density at radius 3 is 2.59 bits per heavy atom. The van der Waals surface area contributed by atoms with Gasteiger partial charge in [0, 0.05) is 24.2 Å². The van der Waals surface area contributed by atoms with E-state index in [4.69, 9.17) is 4.98 Å². The van der Waals surface area contributed by atoms with E-state index in [-0.39, 0.29) is 5.41 Å². The van der Waals surface area contributed by atoms with E-state index < -0.39 is 0 Å². The number of imidazole rings is 1. The van der Waals surface area contributed by atoms with Crippen LogP contribution in [0.2, 0.25) is 0 Å². The SMILES string of the molecule is CC(C)(C)c1cc(-c2nccc3nc4ncccn4c23)cc2ccccc12. The van der Waals surface area contributed by atoms with Crippen LogP contribution < -0.4 is 0 Å². The highest BCUT2D eigenvalue weighted by Crippen LogP contribution is 2.36. The number of hydrogen-bond acceptors (Lipinski definition) is 3. The van der Waals surface area contributed by atoms with Gasteiger partial charge in [-0.15, -0.1) is 0 Å². The first-order valence-electron chi connectivity index (χ1n) is 9.14. The number of hydrogen-bond donors (Lipinski definition) is 0. The summed E-state index contributed by atoms with van der Waals surface area (Å²) in [5, 5.41) is 2.52. The molecular weight excluding hydrogens is 332 g/mol. The lowest BCUT2D eigenvalue weighted by Crippen LogP contribution is -2.12. The molecule has 0 bridgehead atoms. The smallest absolute Gasteiger partial charge is 0.234 e. The van der Waals surface area contributed by atoms with Gasteiger partial charge in [-0.25, -0.2) is 9.97 Å². The van der Waals surface area contributed by atoms with Gasteiger partial charge in [-0.05, 0) is 46.0 Å². The van der Waals surface area contributed by atoms with E-state index >= 15 is 0 Å². The summed E-state index contributed by atoms with van der Waals surface area (Å²) < 4.78 is 2.02. The van der Waals surface area contributed by atoms with Gasteiger partial charge in [0.05, 0.1) is 11.2 Å². The van der Waals surface area contributed by atoms with Crippen LogP contribution >= 0.6 is 0 Å². The third-order valence-corrected chi connectivity index (χ3v) is 5.03. The maximum Gasteiger partial charge on any atom is 0.234 e. The molecule has 0 saturated carbocycles. The van der Waals surface area contributed by atoms with E-state index in [1.807, 2.05) is 28.9 Å². The summed E-state index contributed by atoms with van der Waals surface area (Å²) in [5.74, 6) is 0.693. The molecule has 0 unspecified atom stereocenters. The van der Waals surface area contributed by atoms with E-state index in [0.29, 0.717) is 5.78 Å². The van der Waals surface area contributed by atoms with Crippen LogP contribution in [-0.2, 0) is 5.41 Å². The lowest BCUT2D eigenvalue weighted by molar-refractivity contribution is 0.596. The number of aromatic nitrogens is 4. The van der Waals surface area contributed by atoms with Crippen molar-refractivity contribution >= 4 is 27.6 Å². The summed E-state index contributed by atoms with van der Waals surface area (Å²) in [6.07, 6.45) is 5.59. The Kier molecular flexibility index (Phi) is 3.31. The molecule has 3 aromatic heterocycles. The highest BCUT2D eigenvalue weighted by Gasteiger charge is 2.20. The molecule has 132 valence electrons. The first-order chi connectivity index (χ1) is 13.0. The molecule has 0 fully saturated rings. The zero-order chi connectivity index (χ0) is 18.6. The standard InChI is InChI=1S/C23H20N4/c1-23(2,3)18-14-16(13-15-7-4-5-8-17(15)18)20-21-19(9-11-24-20)26-22-25-10-6-12-27(21)22/h4-14H,1-3H3. The molecule has 0 spiro atoms. The number of rotatable bonds is 1. The minimum absolute atomic E-state index is 0.0323. The maximum absolute atomic E-state index is 4.74. The van der Waals surface area contributed by atoms with Gasteiger partial charge in [0.2, 0.25) is 5.78 Å². The number of benzene rings is 2. The predicted molar refractivity (Wildman–Crippen MR) is 110 cm³/mol. The summed E-state index contributed by atoms with van der Waals surface area (Å²) in [6.45, 7) is 6.76. The first kappa shape index (κ1) is 15.9. The largest absolute Gasteiger partial charge is 0.281 e. The summed E-state index contributed by atoms with van der Waals surface area (Å²) in [5.41, 5.74) is 5.30. The Morgan fingerprint density at radius 2 is 1.74 bits per heavy atom. The summed E-state index contributed by atoms with van der Waals surface area (Å²) in [4.78, 5) is 13.8. The minimum atomic E-state index is 0.0323. The Morgan fingerprint density at radius 1 is 0.889 bits per heavy atom. The molecule has 0 amide bonds. The van der Waals surface area contributed by atoms with Crippen LogP contribution in [0.25, 0.3) is 38.8 Å². The molecule has 2 aromatic carbocycles. The van der Waals surface area contributed by atoms with Crippen LogP contribution in [0.1, 0.15) is 26.3 Å². The van der Waals surface area contributed by atoms with Gasteiger partial charge in [0.1, 0.15) is 5.52 Å². The highest BCUT2D eigenvalue weighted by atomic mass is 15.1. The molecule has 4 heteroatoms. The van der Waals surface area contributed by atoms with Crippen LogP contribution in [0.5, 0.6) is 0 Å². The highest BCUT2D eigenvalue weighted by molar-refractivity contribution is 5.97. The second kappa shape index (κ2) is 5.61.